The number of nitrogens with one attached hydrogen (secondary N) is 1. The molecule has 0 aromatic heterocycles. The quantitative estimate of drug-likeness (QED) is 0.842. The van der Waals surface area contributed by atoms with Crippen LogP contribution in [0.1, 0.15) is 5.56 Å². The predicted molar refractivity (Wildman–Crippen MR) is 89.2 cm³/mol. The summed E-state index contributed by atoms with van der Waals surface area (Å²) in [5, 5.41) is 2.88. The summed E-state index contributed by atoms with van der Waals surface area (Å²) in [7, 11) is -3.16. The number of halogens is 1. The number of sulfonamides is 1. The smallest absolute Gasteiger partial charge is 0.317 e. The van der Waals surface area contributed by atoms with Gasteiger partial charge in [0.25, 0.3) is 0 Å². The molecule has 0 aliphatic carbocycles. The average Bonchev–Trinajstić information content (AvgIpc) is 2.48. The summed E-state index contributed by atoms with van der Waals surface area (Å²) in [6.07, 6.45) is 1.94. The largest absolute Gasteiger partial charge is 0.338 e. The normalized spacial score (nSPS) is 16.5. The molecule has 0 bridgehead atoms. The lowest BCUT2D eigenvalue weighted by atomic mass is 10.1. The summed E-state index contributed by atoms with van der Waals surface area (Å²) in [4.78, 5) is 13.7. The molecule has 0 saturated carbocycles. The minimum absolute atomic E-state index is 0.139. The van der Waals surface area contributed by atoms with E-state index in [2.05, 4.69) is 21.2 Å². The molecule has 2 rings (SSSR count). The van der Waals surface area contributed by atoms with Crippen LogP contribution in [0, 0.1) is 0 Å². The fraction of sp³-hybridized carbons (Fsp3) is 0.500. The van der Waals surface area contributed by atoms with E-state index in [9.17, 15) is 13.2 Å². The highest BCUT2D eigenvalue weighted by Gasteiger charge is 2.25. The summed E-state index contributed by atoms with van der Waals surface area (Å²) >= 11 is 3.48. The van der Waals surface area contributed by atoms with Gasteiger partial charge >= 0.3 is 6.03 Å². The van der Waals surface area contributed by atoms with Crippen molar-refractivity contribution in [3.8, 4) is 0 Å². The van der Waals surface area contributed by atoms with Crippen molar-refractivity contribution in [3.05, 3.63) is 34.3 Å². The van der Waals surface area contributed by atoms with Crippen molar-refractivity contribution in [3.63, 3.8) is 0 Å². The van der Waals surface area contributed by atoms with Crippen LogP contribution in [0.5, 0.6) is 0 Å². The number of rotatable bonds is 4. The standard InChI is InChI=1S/C14H20BrN3O3S/c1-22(20,21)18-10-8-17(9-11-18)14(19)16-7-6-12-4-2-3-5-13(12)15/h2-5H,6-11H2,1H3,(H,16,19). The van der Waals surface area contributed by atoms with Crippen LogP contribution in [0.15, 0.2) is 28.7 Å². The predicted octanol–water partition coefficient (Wildman–Crippen LogP) is 1.28. The van der Waals surface area contributed by atoms with Crippen molar-refractivity contribution in [2.75, 3.05) is 39.0 Å². The monoisotopic (exact) mass is 389 g/mol. The summed E-state index contributed by atoms with van der Waals surface area (Å²) < 4.78 is 25.3. The van der Waals surface area contributed by atoms with Gasteiger partial charge in [0, 0.05) is 37.2 Å². The Morgan fingerprint density at radius 3 is 2.45 bits per heavy atom. The molecule has 2 amide bonds. The number of hydrogen-bond donors (Lipinski definition) is 1. The highest BCUT2D eigenvalue weighted by atomic mass is 79.9. The molecule has 22 heavy (non-hydrogen) atoms. The summed E-state index contributed by atoms with van der Waals surface area (Å²) in [6.45, 7) is 2.11. The van der Waals surface area contributed by atoms with E-state index in [0.717, 1.165) is 16.5 Å². The fourth-order valence-electron chi connectivity index (χ4n) is 2.34. The molecule has 1 aliphatic heterocycles. The zero-order valence-electron chi connectivity index (χ0n) is 12.5. The first-order chi connectivity index (χ1) is 10.4. The maximum Gasteiger partial charge on any atom is 0.317 e. The van der Waals surface area contributed by atoms with E-state index in [4.69, 9.17) is 0 Å². The van der Waals surface area contributed by atoms with Crippen molar-refractivity contribution in [2.24, 2.45) is 0 Å². The van der Waals surface area contributed by atoms with Crippen LogP contribution in [0.2, 0.25) is 0 Å². The lowest BCUT2D eigenvalue weighted by Gasteiger charge is -2.33. The van der Waals surface area contributed by atoms with Gasteiger partial charge in [-0.1, -0.05) is 34.1 Å². The van der Waals surface area contributed by atoms with Crippen LogP contribution in [0.3, 0.4) is 0 Å². The Hall–Kier alpha value is -1.12. The molecule has 1 aromatic rings. The first-order valence-corrected chi connectivity index (χ1v) is 9.73. The molecule has 0 spiro atoms. The molecule has 0 unspecified atom stereocenters. The van der Waals surface area contributed by atoms with Gasteiger partial charge in [-0.25, -0.2) is 13.2 Å². The van der Waals surface area contributed by atoms with Gasteiger partial charge in [0.1, 0.15) is 0 Å². The SMILES string of the molecule is CS(=O)(=O)N1CCN(C(=O)NCCc2ccccc2Br)CC1. The third-order valence-electron chi connectivity index (χ3n) is 3.62. The van der Waals surface area contributed by atoms with Gasteiger partial charge in [0.15, 0.2) is 0 Å². The second-order valence-electron chi connectivity index (χ2n) is 5.22. The van der Waals surface area contributed by atoms with Gasteiger partial charge in [-0.15, -0.1) is 0 Å². The first-order valence-electron chi connectivity index (χ1n) is 7.09. The number of urea groups is 1. The van der Waals surface area contributed by atoms with E-state index in [-0.39, 0.29) is 6.03 Å². The van der Waals surface area contributed by atoms with Gasteiger partial charge < -0.3 is 10.2 Å². The van der Waals surface area contributed by atoms with E-state index in [0.29, 0.717) is 32.7 Å². The molecular weight excluding hydrogens is 370 g/mol. The number of carbonyl (C=O) groups excluding carboxylic acids is 1. The minimum atomic E-state index is -3.16. The first kappa shape index (κ1) is 17.2. The van der Waals surface area contributed by atoms with Crippen molar-refractivity contribution in [1.29, 1.82) is 0 Å². The maximum atomic E-state index is 12.1. The lowest BCUT2D eigenvalue weighted by Crippen LogP contribution is -2.53. The highest BCUT2D eigenvalue weighted by molar-refractivity contribution is 9.10. The van der Waals surface area contributed by atoms with Crippen LogP contribution < -0.4 is 5.32 Å². The second-order valence-corrected chi connectivity index (χ2v) is 8.06. The topological polar surface area (TPSA) is 69.7 Å². The Morgan fingerprint density at radius 1 is 1.23 bits per heavy atom. The molecule has 1 heterocycles. The molecule has 1 saturated heterocycles. The summed E-state index contributed by atoms with van der Waals surface area (Å²) in [5.41, 5.74) is 1.14. The third-order valence-corrected chi connectivity index (χ3v) is 5.70. The fourth-order valence-corrected chi connectivity index (χ4v) is 3.65. The molecule has 1 N–H and O–H groups in total. The number of amides is 2. The molecule has 8 heteroatoms. The third kappa shape index (κ3) is 4.69. The van der Waals surface area contributed by atoms with Crippen molar-refractivity contribution >= 4 is 32.0 Å². The molecule has 1 aromatic carbocycles. The Morgan fingerprint density at radius 2 is 1.86 bits per heavy atom. The number of piperazine rings is 1. The molecule has 122 valence electrons. The molecule has 0 radical (unpaired) electrons. The zero-order valence-corrected chi connectivity index (χ0v) is 14.9. The van der Waals surface area contributed by atoms with Crippen LogP contribution in [0.4, 0.5) is 4.79 Å². The van der Waals surface area contributed by atoms with Gasteiger partial charge in [-0.3, -0.25) is 0 Å². The molecule has 1 fully saturated rings. The van der Waals surface area contributed by atoms with E-state index in [1.165, 1.54) is 10.6 Å². The van der Waals surface area contributed by atoms with E-state index >= 15 is 0 Å². The van der Waals surface area contributed by atoms with Crippen molar-refractivity contribution in [1.82, 2.24) is 14.5 Å². The zero-order chi connectivity index (χ0) is 16.2. The number of benzene rings is 1. The van der Waals surface area contributed by atoms with E-state index in [1.54, 1.807) is 4.90 Å². The van der Waals surface area contributed by atoms with Gasteiger partial charge in [-0.2, -0.15) is 4.31 Å². The molecule has 0 atom stereocenters. The molecule has 6 nitrogen and oxygen atoms in total. The van der Waals surface area contributed by atoms with Crippen LogP contribution in [0.25, 0.3) is 0 Å². The molecular formula is C14H20BrN3O3S. The van der Waals surface area contributed by atoms with Crippen LogP contribution in [-0.4, -0.2) is 62.6 Å². The Bertz CT molecular complexity index is 628. The summed E-state index contributed by atoms with van der Waals surface area (Å²) in [5.74, 6) is 0. The van der Waals surface area contributed by atoms with Crippen LogP contribution >= 0.6 is 15.9 Å². The lowest BCUT2D eigenvalue weighted by molar-refractivity contribution is 0.172. The van der Waals surface area contributed by atoms with Gasteiger partial charge in [-0.05, 0) is 18.1 Å². The Labute approximate surface area is 139 Å². The van der Waals surface area contributed by atoms with Crippen molar-refractivity contribution < 1.29 is 13.2 Å². The van der Waals surface area contributed by atoms with E-state index < -0.39 is 10.0 Å². The Balaban J connectivity index is 1.76. The Kier molecular flexibility index (Phi) is 5.82. The number of carbonyl (C=O) groups is 1. The second kappa shape index (κ2) is 7.43. The maximum absolute atomic E-state index is 12.1. The van der Waals surface area contributed by atoms with Gasteiger partial charge in [0.2, 0.25) is 10.0 Å². The highest BCUT2D eigenvalue weighted by Crippen LogP contribution is 2.15. The van der Waals surface area contributed by atoms with Crippen LogP contribution in [-0.2, 0) is 16.4 Å². The molecule has 1 aliphatic rings. The van der Waals surface area contributed by atoms with E-state index in [1.807, 2.05) is 24.3 Å². The number of nitrogens with zero attached hydrogens (tertiary/aromatic N) is 2. The van der Waals surface area contributed by atoms with Crippen molar-refractivity contribution in [2.45, 2.75) is 6.42 Å². The number of hydrogen-bond acceptors (Lipinski definition) is 3. The summed E-state index contributed by atoms with van der Waals surface area (Å²) in [6, 6.07) is 7.77. The van der Waals surface area contributed by atoms with Gasteiger partial charge in [0.05, 0.1) is 6.26 Å². The average molecular weight is 390 g/mol. The minimum Gasteiger partial charge on any atom is -0.338 e.